The topological polar surface area (TPSA) is 130 Å². The van der Waals surface area contributed by atoms with Crippen molar-refractivity contribution in [1.29, 1.82) is 0 Å². The highest BCUT2D eigenvalue weighted by Gasteiger charge is 2.26. The minimum atomic E-state index is -3.72. The third kappa shape index (κ3) is 6.48. The number of halogens is 2. The fourth-order valence-corrected chi connectivity index (χ4v) is 4.94. The standard InChI is InChI=1S/C25H18Cl2N2O7S2/c1-37(31,32)35-17-7-3-15(4-8-17)23-21(19(26)11-13-28-23)25(30)22-20(27)12-14-29-24(22)16-5-9-18(10-6-16)36-38(2,33)34/h3-14H,1-2H3. The van der Waals surface area contributed by atoms with Crippen LogP contribution in [0.5, 0.6) is 11.5 Å². The average molecular weight is 593 g/mol. The number of pyridine rings is 2. The van der Waals surface area contributed by atoms with Gasteiger partial charge in [-0.3, -0.25) is 14.8 Å². The van der Waals surface area contributed by atoms with E-state index < -0.39 is 26.0 Å². The maximum absolute atomic E-state index is 13.9. The third-order valence-corrected chi connectivity index (χ3v) is 6.63. The molecule has 4 rings (SSSR count). The summed E-state index contributed by atoms with van der Waals surface area (Å²) in [5.41, 5.74) is 1.52. The molecule has 196 valence electrons. The van der Waals surface area contributed by atoms with Gasteiger partial charge < -0.3 is 8.37 Å². The van der Waals surface area contributed by atoms with Gasteiger partial charge in [-0.05, 0) is 60.7 Å². The van der Waals surface area contributed by atoms with E-state index in [-0.39, 0.29) is 44.1 Å². The first kappa shape index (κ1) is 27.5. The minimum absolute atomic E-state index is 0.0547. The molecule has 0 unspecified atom stereocenters. The Morgan fingerprint density at radius 3 is 1.29 bits per heavy atom. The van der Waals surface area contributed by atoms with Gasteiger partial charge in [0.2, 0.25) is 0 Å². The summed E-state index contributed by atoms with van der Waals surface area (Å²) in [6, 6.07) is 14.8. The molecule has 2 heterocycles. The number of carbonyl (C=O) groups excluding carboxylic acids is 1. The molecule has 0 fully saturated rings. The molecule has 0 amide bonds. The van der Waals surface area contributed by atoms with Crippen molar-refractivity contribution >= 4 is 49.2 Å². The molecule has 9 nitrogen and oxygen atoms in total. The van der Waals surface area contributed by atoms with E-state index >= 15 is 0 Å². The first-order valence-electron chi connectivity index (χ1n) is 10.7. The molecule has 0 aliphatic heterocycles. The van der Waals surface area contributed by atoms with Crippen LogP contribution in [-0.2, 0) is 20.2 Å². The summed E-state index contributed by atoms with van der Waals surface area (Å²) in [4.78, 5) is 22.6. The van der Waals surface area contributed by atoms with Crippen LogP contribution in [0, 0.1) is 0 Å². The highest BCUT2D eigenvalue weighted by Crippen LogP contribution is 2.35. The Morgan fingerprint density at radius 1 is 0.632 bits per heavy atom. The molecule has 2 aromatic heterocycles. The van der Waals surface area contributed by atoms with Crippen LogP contribution in [0.3, 0.4) is 0 Å². The Morgan fingerprint density at radius 2 is 0.974 bits per heavy atom. The van der Waals surface area contributed by atoms with Crippen LogP contribution in [-0.4, -0.2) is 45.1 Å². The molecule has 0 saturated heterocycles. The lowest BCUT2D eigenvalue weighted by Crippen LogP contribution is -2.10. The van der Waals surface area contributed by atoms with Crippen LogP contribution in [0.15, 0.2) is 73.1 Å². The zero-order valence-electron chi connectivity index (χ0n) is 19.8. The molecule has 0 aliphatic rings. The lowest BCUT2D eigenvalue weighted by atomic mass is 9.95. The second-order valence-corrected chi connectivity index (χ2v) is 11.9. The molecule has 0 bridgehead atoms. The van der Waals surface area contributed by atoms with Gasteiger partial charge in [-0.1, -0.05) is 23.2 Å². The van der Waals surface area contributed by atoms with E-state index in [0.717, 1.165) is 12.5 Å². The number of aromatic nitrogens is 2. The largest absolute Gasteiger partial charge is 0.383 e. The van der Waals surface area contributed by atoms with E-state index in [4.69, 9.17) is 31.6 Å². The van der Waals surface area contributed by atoms with Crippen LogP contribution in [0.1, 0.15) is 15.9 Å². The second-order valence-electron chi connectivity index (χ2n) is 7.99. The van der Waals surface area contributed by atoms with Crippen molar-refractivity contribution in [2.24, 2.45) is 0 Å². The molecule has 38 heavy (non-hydrogen) atoms. The predicted octanol–water partition coefficient (Wildman–Crippen LogP) is 5.03. The lowest BCUT2D eigenvalue weighted by Gasteiger charge is -2.14. The monoisotopic (exact) mass is 592 g/mol. The molecule has 0 radical (unpaired) electrons. The van der Waals surface area contributed by atoms with Crippen molar-refractivity contribution in [3.05, 3.63) is 94.2 Å². The fourth-order valence-electron chi connectivity index (χ4n) is 3.56. The summed E-state index contributed by atoms with van der Waals surface area (Å²) in [6.07, 6.45) is 4.72. The van der Waals surface area contributed by atoms with Crippen LogP contribution in [0.4, 0.5) is 0 Å². The normalized spacial score (nSPS) is 11.7. The number of hydrogen-bond acceptors (Lipinski definition) is 9. The Bertz CT molecular complexity index is 1610. The smallest absolute Gasteiger partial charge is 0.306 e. The van der Waals surface area contributed by atoms with Crippen LogP contribution >= 0.6 is 23.2 Å². The Balaban J connectivity index is 1.79. The zero-order chi connectivity index (χ0) is 27.7. The highest BCUT2D eigenvalue weighted by atomic mass is 35.5. The van der Waals surface area contributed by atoms with Gasteiger partial charge in [0, 0.05) is 23.5 Å². The molecule has 13 heteroatoms. The third-order valence-electron chi connectivity index (χ3n) is 5.01. The molecular weight excluding hydrogens is 575 g/mol. The van der Waals surface area contributed by atoms with Gasteiger partial charge in [-0.2, -0.15) is 16.8 Å². The van der Waals surface area contributed by atoms with E-state index in [0.29, 0.717) is 11.1 Å². The number of carbonyl (C=O) groups is 1. The van der Waals surface area contributed by atoms with E-state index in [2.05, 4.69) is 9.97 Å². The summed E-state index contributed by atoms with van der Waals surface area (Å²) in [7, 11) is -7.43. The summed E-state index contributed by atoms with van der Waals surface area (Å²) in [6.45, 7) is 0. The van der Waals surface area contributed by atoms with Gasteiger partial charge in [-0.25, -0.2) is 0 Å². The maximum atomic E-state index is 13.9. The van der Waals surface area contributed by atoms with E-state index in [1.165, 1.54) is 48.8 Å². The number of hydrogen-bond donors (Lipinski definition) is 0. The van der Waals surface area contributed by atoms with Crippen LogP contribution in [0.25, 0.3) is 22.5 Å². The fraction of sp³-hybridized carbons (Fsp3) is 0.0800. The Labute approximate surface area is 229 Å². The lowest BCUT2D eigenvalue weighted by molar-refractivity contribution is 0.103. The molecule has 2 aromatic carbocycles. The average Bonchev–Trinajstić information content (AvgIpc) is 2.82. The Kier molecular flexibility index (Phi) is 7.75. The van der Waals surface area contributed by atoms with Crippen molar-refractivity contribution in [2.75, 3.05) is 12.5 Å². The molecule has 0 atom stereocenters. The number of rotatable bonds is 8. The molecule has 0 aliphatic carbocycles. The summed E-state index contributed by atoms with van der Waals surface area (Å²) in [5.74, 6) is -0.377. The van der Waals surface area contributed by atoms with Crippen LogP contribution < -0.4 is 8.37 Å². The second kappa shape index (κ2) is 10.7. The molecule has 0 N–H and O–H groups in total. The van der Waals surface area contributed by atoms with Gasteiger partial charge in [0.15, 0.2) is 5.78 Å². The summed E-state index contributed by atoms with van der Waals surface area (Å²) in [5, 5.41) is 0.221. The molecule has 0 spiro atoms. The predicted molar refractivity (Wildman–Crippen MR) is 144 cm³/mol. The van der Waals surface area contributed by atoms with Crippen LogP contribution in [0.2, 0.25) is 10.0 Å². The first-order valence-corrected chi connectivity index (χ1v) is 15.0. The van der Waals surface area contributed by atoms with Crippen molar-refractivity contribution < 1.29 is 30.0 Å². The first-order chi connectivity index (χ1) is 17.8. The van der Waals surface area contributed by atoms with Crippen molar-refractivity contribution in [2.45, 2.75) is 0 Å². The van der Waals surface area contributed by atoms with Gasteiger partial charge >= 0.3 is 20.2 Å². The van der Waals surface area contributed by atoms with Crippen molar-refractivity contribution in [1.82, 2.24) is 9.97 Å². The van der Waals surface area contributed by atoms with Gasteiger partial charge in [0.25, 0.3) is 0 Å². The summed E-state index contributed by atoms with van der Waals surface area (Å²) >= 11 is 12.9. The van der Waals surface area contributed by atoms with Crippen molar-refractivity contribution in [3.8, 4) is 34.0 Å². The van der Waals surface area contributed by atoms with E-state index in [1.807, 2.05) is 0 Å². The minimum Gasteiger partial charge on any atom is -0.383 e. The number of benzene rings is 2. The number of nitrogens with zero attached hydrogens (tertiary/aromatic N) is 2. The molecule has 0 saturated carbocycles. The Hall–Kier alpha value is -3.51. The molecule has 4 aromatic rings. The number of ketones is 1. The van der Waals surface area contributed by atoms with Gasteiger partial charge in [0.1, 0.15) is 11.5 Å². The maximum Gasteiger partial charge on any atom is 0.306 e. The van der Waals surface area contributed by atoms with Gasteiger partial charge in [-0.15, -0.1) is 0 Å². The SMILES string of the molecule is CS(=O)(=O)Oc1ccc(-c2nccc(Cl)c2C(=O)c2c(Cl)ccnc2-c2ccc(OS(C)(=O)=O)cc2)cc1. The van der Waals surface area contributed by atoms with E-state index in [1.54, 1.807) is 24.3 Å². The zero-order valence-corrected chi connectivity index (χ0v) is 22.9. The quantitative estimate of drug-likeness (QED) is 0.204. The summed E-state index contributed by atoms with van der Waals surface area (Å²) < 4.78 is 55.4. The van der Waals surface area contributed by atoms with E-state index in [9.17, 15) is 21.6 Å². The van der Waals surface area contributed by atoms with Gasteiger partial charge in [0.05, 0.1) is 45.1 Å². The molecular formula is C25H18Cl2N2O7S2. The highest BCUT2D eigenvalue weighted by molar-refractivity contribution is 7.86. The van der Waals surface area contributed by atoms with Crippen molar-refractivity contribution in [3.63, 3.8) is 0 Å².